The van der Waals surface area contributed by atoms with Gasteiger partial charge in [-0.05, 0) is 18.5 Å². The molecule has 1 aromatic heterocycles. The van der Waals surface area contributed by atoms with Crippen molar-refractivity contribution in [3.63, 3.8) is 0 Å². The zero-order valence-electron chi connectivity index (χ0n) is 11.7. The number of halogens is 1. The number of nitrogens with zero attached hydrogens (tertiary/aromatic N) is 3. The van der Waals surface area contributed by atoms with E-state index in [0.29, 0.717) is 28.1 Å². The summed E-state index contributed by atoms with van der Waals surface area (Å²) in [5.74, 6) is 0.563. The number of aromatic nitrogens is 2. The van der Waals surface area contributed by atoms with Crippen LogP contribution in [-0.4, -0.2) is 21.7 Å². The molecule has 0 saturated carbocycles. The third-order valence-electron chi connectivity index (χ3n) is 2.64. The molecule has 0 bridgehead atoms. The van der Waals surface area contributed by atoms with E-state index in [9.17, 15) is 10.1 Å². The van der Waals surface area contributed by atoms with Crippen LogP contribution in [0.25, 0.3) is 10.6 Å². The molecule has 6 nitrogen and oxygen atoms in total. The minimum Gasteiger partial charge on any atom is -0.310 e. The zero-order valence-corrected chi connectivity index (χ0v) is 13.2. The van der Waals surface area contributed by atoms with Crippen LogP contribution in [0.15, 0.2) is 18.2 Å². The minimum absolute atomic E-state index is 0.0489. The molecule has 0 aliphatic heterocycles. The third-order valence-corrected chi connectivity index (χ3v) is 3.83. The van der Waals surface area contributed by atoms with Gasteiger partial charge in [-0.3, -0.25) is 10.1 Å². The van der Waals surface area contributed by atoms with Crippen LogP contribution in [0.1, 0.15) is 18.9 Å². The molecule has 112 valence electrons. The largest absolute Gasteiger partial charge is 0.310 e. The van der Waals surface area contributed by atoms with E-state index in [4.69, 9.17) is 11.6 Å². The van der Waals surface area contributed by atoms with Crippen LogP contribution in [0.5, 0.6) is 0 Å². The Labute approximate surface area is 131 Å². The summed E-state index contributed by atoms with van der Waals surface area (Å²) in [6.45, 7) is 5.79. The molecule has 0 atom stereocenters. The Hall–Kier alpha value is -1.57. The van der Waals surface area contributed by atoms with E-state index in [1.807, 2.05) is 0 Å². The van der Waals surface area contributed by atoms with Crippen LogP contribution >= 0.6 is 22.9 Å². The van der Waals surface area contributed by atoms with Crippen LogP contribution in [0, 0.1) is 16.0 Å². The van der Waals surface area contributed by atoms with Crippen molar-refractivity contribution in [3.05, 3.63) is 38.3 Å². The number of hydrogen-bond donors (Lipinski definition) is 1. The van der Waals surface area contributed by atoms with Gasteiger partial charge in [0.05, 0.1) is 4.92 Å². The Morgan fingerprint density at radius 2 is 2.14 bits per heavy atom. The molecule has 21 heavy (non-hydrogen) atoms. The fourth-order valence-electron chi connectivity index (χ4n) is 1.71. The van der Waals surface area contributed by atoms with Gasteiger partial charge in [0.25, 0.3) is 5.69 Å². The number of nitrogens with one attached hydrogen (secondary N) is 1. The molecule has 1 heterocycles. The third kappa shape index (κ3) is 4.45. The summed E-state index contributed by atoms with van der Waals surface area (Å²) in [6.07, 6.45) is 0. The molecule has 0 aliphatic rings. The van der Waals surface area contributed by atoms with E-state index in [0.717, 1.165) is 11.6 Å². The molecule has 2 rings (SSSR count). The fraction of sp³-hybridized carbons (Fsp3) is 0.385. The Morgan fingerprint density at radius 3 is 2.81 bits per heavy atom. The molecule has 0 fully saturated rings. The number of benzene rings is 1. The number of nitro groups is 1. The number of rotatable bonds is 6. The van der Waals surface area contributed by atoms with Crippen LogP contribution < -0.4 is 5.32 Å². The second-order valence-electron chi connectivity index (χ2n) is 4.98. The lowest BCUT2D eigenvalue weighted by atomic mass is 10.2. The average molecular weight is 327 g/mol. The minimum atomic E-state index is -0.471. The fourth-order valence-corrected chi connectivity index (χ4v) is 2.74. The smallest absolute Gasteiger partial charge is 0.271 e. The van der Waals surface area contributed by atoms with Gasteiger partial charge in [0, 0.05) is 29.3 Å². The van der Waals surface area contributed by atoms with E-state index in [-0.39, 0.29) is 5.69 Å². The number of hydrogen-bond acceptors (Lipinski definition) is 6. The van der Waals surface area contributed by atoms with Gasteiger partial charge in [0.2, 0.25) is 0 Å². The van der Waals surface area contributed by atoms with Crippen molar-refractivity contribution >= 4 is 28.6 Å². The first-order valence-corrected chi connectivity index (χ1v) is 7.63. The van der Waals surface area contributed by atoms with Gasteiger partial charge in [-0.2, -0.15) is 0 Å². The first-order chi connectivity index (χ1) is 9.95. The van der Waals surface area contributed by atoms with E-state index >= 15 is 0 Å². The molecule has 0 spiro atoms. The summed E-state index contributed by atoms with van der Waals surface area (Å²) in [5, 5.41) is 24.1. The van der Waals surface area contributed by atoms with Crippen molar-refractivity contribution in [3.8, 4) is 10.6 Å². The van der Waals surface area contributed by atoms with Gasteiger partial charge >= 0.3 is 0 Å². The quantitative estimate of drug-likeness (QED) is 0.649. The molecular weight excluding hydrogens is 312 g/mol. The maximum atomic E-state index is 10.9. The number of non-ortho nitro benzene ring substituents is 1. The molecule has 0 radical (unpaired) electrons. The Bertz CT molecular complexity index is 645. The standard InChI is InChI=1S/C13H15ClN4O2S/c1-8(2)6-15-7-12-16-17-13(21-12)9-3-10(14)5-11(4-9)18(19)20/h3-5,8,15H,6-7H2,1-2H3. The highest BCUT2D eigenvalue weighted by Gasteiger charge is 2.13. The monoisotopic (exact) mass is 326 g/mol. The van der Waals surface area contributed by atoms with Crippen molar-refractivity contribution in [2.45, 2.75) is 20.4 Å². The van der Waals surface area contributed by atoms with Gasteiger partial charge < -0.3 is 5.32 Å². The summed E-state index contributed by atoms with van der Waals surface area (Å²) >= 11 is 7.31. The molecule has 8 heteroatoms. The van der Waals surface area contributed by atoms with Gasteiger partial charge in [-0.25, -0.2) is 0 Å². The average Bonchev–Trinajstić information content (AvgIpc) is 2.86. The lowest BCUT2D eigenvalue weighted by molar-refractivity contribution is -0.384. The second kappa shape index (κ2) is 6.93. The maximum absolute atomic E-state index is 10.9. The SMILES string of the molecule is CC(C)CNCc1nnc(-c2cc(Cl)cc([N+](=O)[O-])c2)s1. The molecule has 0 aliphatic carbocycles. The molecule has 2 aromatic rings. The van der Waals surface area contributed by atoms with Crippen molar-refractivity contribution in [1.29, 1.82) is 0 Å². The molecule has 1 N–H and O–H groups in total. The van der Waals surface area contributed by atoms with Gasteiger partial charge in [-0.15, -0.1) is 10.2 Å². The lowest BCUT2D eigenvalue weighted by Gasteiger charge is -2.04. The summed E-state index contributed by atoms with van der Waals surface area (Å²) in [6, 6.07) is 4.43. The van der Waals surface area contributed by atoms with Crippen LogP contribution in [-0.2, 0) is 6.54 Å². The molecular formula is C13H15ClN4O2S. The van der Waals surface area contributed by atoms with Crippen LogP contribution in [0.4, 0.5) is 5.69 Å². The van der Waals surface area contributed by atoms with Gasteiger partial charge in [-0.1, -0.05) is 36.8 Å². The second-order valence-corrected chi connectivity index (χ2v) is 6.48. The molecule has 0 unspecified atom stereocenters. The van der Waals surface area contributed by atoms with Crippen molar-refractivity contribution in [1.82, 2.24) is 15.5 Å². The summed E-state index contributed by atoms with van der Waals surface area (Å²) < 4.78 is 0. The Kier molecular flexibility index (Phi) is 5.22. The highest BCUT2D eigenvalue weighted by molar-refractivity contribution is 7.14. The van der Waals surface area contributed by atoms with E-state index < -0.39 is 4.92 Å². The predicted molar refractivity (Wildman–Crippen MR) is 83.6 cm³/mol. The topological polar surface area (TPSA) is 81.0 Å². The van der Waals surface area contributed by atoms with Crippen molar-refractivity contribution in [2.24, 2.45) is 5.92 Å². The van der Waals surface area contributed by atoms with Crippen LogP contribution in [0.2, 0.25) is 5.02 Å². The molecule has 1 aromatic carbocycles. The van der Waals surface area contributed by atoms with Crippen molar-refractivity contribution < 1.29 is 4.92 Å². The summed E-state index contributed by atoms with van der Waals surface area (Å²) in [7, 11) is 0. The van der Waals surface area contributed by atoms with E-state index in [2.05, 4.69) is 29.4 Å². The lowest BCUT2D eigenvalue weighted by Crippen LogP contribution is -2.18. The van der Waals surface area contributed by atoms with Gasteiger partial charge in [0.15, 0.2) is 0 Å². The summed E-state index contributed by atoms with van der Waals surface area (Å²) in [4.78, 5) is 10.4. The van der Waals surface area contributed by atoms with Crippen molar-refractivity contribution in [2.75, 3.05) is 6.54 Å². The maximum Gasteiger partial charge on any atom is 0.271 e. The highest BCUT2D eigenvalue weighted by Crippen LogP contribution is 2.30. The zero-order chi connectivity index (χ0) is 15.4. The van der Waals surface area contributed by atoms with Gasteiger partial charge in [0.1, 0.15) is 10.0 Å². The Balaban J connectivity index is 2.15. The van der Waals surface area contributed by atoms with Crippen LogP contribution in [0.3, 0.4) is 0 Å². The normalized spacial score (nSPS) is 11.0. The molecule has 0 amide bonds. The van der Waals surface area contributed by atoms with E-state index in [1.165, 1.54) is 23.5 Å². The first kappa shape index (κ1) is 15.8. The summed E-state index contributed by atoms with van der Waals surface area (Å²) in [5.41, 5.74) is 0.564. The number of nitro benzene ring substituents is 1. The molecule has 0 saturated heterocycles. The Morgan fingerprint density at radius 1 is 1.38 bits per heavy atom. The predicted octanol–water partition coefficient (Wildman–Crippen LogP) is 3.51. The van der Waals surface area contributed by atoms with E-state index in [1.54, 1.807) is 6.07 Å². The first-order valence-electron chi connectivity index (χ1n) is 6.44. The highest BCUT2D eigenvalue weighted by atomic mass is 35.5.